The zero-order valence-electron chi connectivity index (χ0n) is 7.98. The van der Waals surface area contributed by atoms with Crippen molar-refractivity contribution in [3.8, 4) is 0 Å². The van der Waals surface area contributed by atoms with E-state index in [1.54, 1.807) is 0 Å². The maximum Gasteiger partial charge on any atom is 0.179 e. The third-order valence-electron chi connectivity index (χ3n) is 2.81. The Balaban J connectivity index is 3.12. The maximum absolute atomic E-state index is 11.1. The Labute approximate surface area is 85.2 Å². The van der Waals surface area contributed by atoms with Gasteiger partial charge >= 0.3 is 0 Å². The molecule has 0 spiro atoms. The Morgan fingerprint density at radius 2 is 1.27 bits per heavy atom. The van der Waals surface area contributed by atoms with Crippen LogP contribution < -0.4 is 0 Å². The minimum absolute atomic E-state index is 0.892. The third-order valence-corrected chi connectivity index (χ3v) is 2.81. The van der Waals surface area contributed by atoms with Gasteiger partial charge in [0.2, 0.25) is 0 Å². The van der Waals surface area contributed by atoms with Crippen LogP contribution in [0.4, 0.5) is 0 Å². The van der Waals surface area contributed by atoms with E-state index < -0.39 is 41.9 Å². The molecule has 0 aromatic carbocycles. The zero-order chi connectivity index (χ0) is 12.0. The Bertz CT molecular complexity index is 250. The second-order valence-corrected chi connectivity index (χ2v) is 3.74. The molecule has 7 heteroatoms. The van der Waals surface area contributed by atoms with E-state index >= 15 is 0 Å². The molecular weight excluding hydrogens is 208 g/mol. The summed E-state index contributed by atoms with van der Waals surface area (Å²) < 4.78 is 0. The summed E-state index contributed by atoms with van der Waals surface area (Å²) in [4.78, 5) is 11.1. The Morgan fingerprint density at radius 3 is 1.53 bits per heavy atom. The van der Waals surface area contributed by atoms with Crippen molar-refractivity contribution in [1.29, 1.82) is 0 Å². The molecule has 0 radical (unpaired) electrons. The summed E-state index contributed by atoms with van der Waals surface area (Å²) >= 11 is 0. The van der Waals surface area contributed by atoms with Crippen LogP contribution in [0.1, 0.15) is 6.92 Å². The predicted octanol–water partition coefficient (Wildman–Crippen LogP) is -3.88. The highest BCUT2D eigenvalue weighted by atomic mass is 16.4. The molecule has 0 amide bonds. The lowest BCUT2D eigenvalue weighted by Crippen LogP contribution is -2.73. The van der Waals surface area contributed by atoms with Crippen LogP contribution in [0, 0.1) is 0 Å². The van der Waals surface area contributed by atoms with Crippen molar-refractivity contribution in [1.82, 2.24) is 0 Å². The van der Waals surface area contributed by atoms with E-state index in [0.29, 0.717) is 0 Å². The van der Waals surface area contributed by atoms with Gasteiger partial charge in [-0.1, -0.05) is 0 Å². The van der Waals surface area contributed by atoms with Crippen LogP contribution in [-0.4, -0.2) is 72.5 Å². The second-order valence-electron chi connectivity index (χ2n) is 3.74. The van der Waals surface area contributed by atoms with E-state index in [1.807, 2.05) is 0 Å². The Kier molecular flexibility index (Phi) is 3.15. The van der Waals surface area contributed by atoms with Crippen molar-refractivity contribution in [2.75, 3.05) is 0 Å². The molecule has 6 N–H and O–H groups in total. The largest absolute Gasteiger partial charge is 0.387 e. The summed E-state index contributed by atoms with van der Waals surface area (Å²) in [6.07, 6.45) is -9.74. The molecule has 1 aliphatic carbocycles. The molecule has 88 valence electrons. The Morgan fingerprint density at radius 1 is 0.933 bits per heavy atom. The van der Waals surface area contributed by atoms with Gasteiger partial charge in [0.15, 0.2) is 11.4 Å². The fourth-order valence-electron chi connectivity index (χ4n) is 1.69. The highest BCUT2D eigenvalue weighted by Gasteiger charge is 2.60. The van der Waals surface area contributed by atoms with Crippen LogP contribution in [0.25, 0.3) is 0 Å². The molecule has 7 nitrogen and oxygen atoms in total. The molecule has 2 unspecified atom stereocenters. The molecule has 6 atom stereocenters. The molecule has 15 heavy (non-hydrogen) atoms. The second kappa shape index (κ2) is 3.78. The first-order valence-corrected chi connectivity index (χ1v) is 4.38. The van der Waals surface area contributed by atoms with Crippen molar-refractivity contribution in [3.63, 3.8) is 0 Å². The predicted molar refractivity (Wildman–Crippen MR) is 45.7 cm³/mol. The minimum atomic E-state index is -2.67. The van der Waals surface area contributed by atoms with Gasteiger partial charge in [0.05, 0.1) is 0 Å². The van der Waals surface area contributed by atoms with Crippen molar-refractivity contribution in [2.24, 2.45) is 0 Å². The van der Waals surface area contributed by atoms with Gasteiger partial charge in [-0.05, 0) is 6.92 Å². The van der Waals surface area contributed by atoms with Gasteiger partial charge in [0.25, 0.3) is 0 Å². The summed E-state index contributed by atoms with van der Waals surface area (Å²) in [7, 11) is 0. The highest BCUT2D eigenvalue weighted by Crippen LogP contribution is 2.30. The molecule has 1 rings (SSSR count). The van der Waals surface area contributed by atoms with Gasteiger partial charge in [-0.15, -0.1) is 0 Å². The van der Waals surface area contributed by atoms with Crippen LogP contribution in [0.15, 0.2) is 0 Å². The van der Waals surface area contributed by atoms with Crippen molar-refractivity contribution in [3.05, 3.63) is 0 Å². The average Bonchev–Trinajstić information content (AvgIpc) is 2.20. The molecule has 0 bridgehead atoms. The van der Waals surface area contributed by atoms with E-state index in [-0.39, 0.29) is 0 Å². The van der Waals surface area contributed by atoms with Crippen molar-refractivity contribution < 1.29 is 35.4 Å². The summed E-state index contributed by atoms with van der Waals surface area (Å²) in [5.74, 6) is -1.01. The molecule has 0 aromatic heterocycles. The lowest BCUT2D eigenvalue weighted by molar-refractivity contribution is -0.258. The molecule has 1 saturated carbocycles. The first-order valence-electron chi connectivity index (χ1n) is 4.38. The molecule has 0 aromatic rings. The lowest BCUT2D eigenvalue weighted by Gasteiger charge is -2.46. The average molecular weight is 222 g/mol. The number of carbonyl (C=O) groups excluding carboxylic acids is 1. The molecule has 1 fully saturated rings. The lowest BCUT2D eigenvalue weighted by atomic mass is 9.73. The molecular formula is C8H14O7. The van der Waals surface area contributed by atoms with Gasteiger partial charge in [-0.25, -0.2) is 0 Å². The van der Waals surface area contributed by atoms with Crippen LogP contribution in [0.2, 0.25) is 0 Å². The van der Waals surface area contributed by atoms with E-state index in [4.69, 9.17) is 5.11 Å². The first-order chi connectivity index (χ1) is 6.74. The SMILES string of the molecule is CC(=O)C1(O)[C@H](O)[C@H](O)C(O)[C@H](O)[C@H]1O. The van der Waals surface area contributed by atoms with Gasteiger partial charge in [0.1, 0.15) is 30.5 Å². The number of rotatable bonds is 1. The van der Waals surface area contributed by atoms with E-state index in [0.717, 1.165) is 6.92 Å². The van der Waals surface area contributed by atoms with E-state index in [2.05, 4.69) is 0 Å². The monoisotopic (exact) mass is 222 g/mol. The van der Waals surface area contributed by atoms with Crippen molar-refractivity contribution >= 4 is 5.78 Å². The number of aliphatic hydroxyl groups excluding tert-OH is 5. The summed E-state index contributed by atoms with van der Waals surface area (Å²) in [6.45, 7) is 0.892. The molecule has 1 aliphatic rings. The fraction of sp³-hybridized carbons (Fsp3) is 0.875. The van der Waals surface area contributed by atoms with E-state index in [1.165, 1.54) is 0 Å². The zero-order valence-corrected chi connectivity index (χ0v) is 7.98. The number of Topliss-reactive ketones (excluding diaryl/α,β-unsaturated/α-hetero) is 1. The normalized spacial score (nSPS) is 51.5. The van der Waals surface area contributed by atoms with Crippen LogP contribution >= 0.6 is 0 Å². The highest BCUT2D eigenvalue weighted by molar-refractivity contribution is 5.86. The maximum atomic E-state index is 11.1. The summed E-state index contributed by atoms with van der Waals surface area (Å²) in [6, 6.07) is 0. The number of carbonyl (C=O) groups is 1. The standard InChI is InChI=1S/C8H14O7/c1-2(9)8(15)6(13)4(11)3(10)5(12)7(8)14/h3-7,10-15H,1H3/t3?,4-,5+,6-,7-,8?/m1/s1. The number of ketones is 1. The van der Waals surface area contributed by atoms with E-state index in [9.17, 15) is 30.3 Å². The Hall–Kier alpha value is -0.570. The molecule has 0 heterocycles. The van der Waals surface area contributed by atoms with Crippen LogP contribution in [-0.2, 0) is 4.79 Å². The quantitative estimate of drug-likeness (QED) is 0.267. The van der Waals surface area contributed by atoms with Gasteiger partial charge in [-0.2, -0.15) is 0 Å². The van der Waals surface area contributed by atoms with Gasteiger partial charge in [0, 0.05) is 0 Å². The summed E-state index contributed by atoms with van der Waals surface area (Å²) in [5.41, 5.74) is -2.67. The number of aliphatic hydroxyl groups is 6. The van der Waals surface area contributed by atoms with Crippen LogP contribution in [0.5, 0.6) is 0 Å². The van der Waals surface area contributed by atoms with Crippen LogP contribution in [0.3, 0.4) is 0 Å². The van der Waals surface area contributed by atoms with Gasteiger partial charge < -0.3 is 30.6 Å². The van der Waals surface area contributed by atoms with Crippen molar-refractivity contribution in [2.45, 2.75) is 43.0 Å². The fourth-order valence-corrected chi connectivity index (χ4v) is 1.69. The molecule has 0 aliphatic heterocycles. The number of hydrogen-bond acceptors (Lipinski definition) is 7. The third kappa shape index (κ3) is 1.57. The number of hydrogen-bond donors (Lipinski definition) is 6. The smallest absolute Gasteiger partial charge is 0.179 e. The minimum Gasteiger partial charge on any atom is -0.387 e. The topological polar surface area (TPSA) is 138 Å². The summed E-state index contributed by atoms with van der Waals surface area (Å²) in [5, 5.41) is 56.0. The first kappa shape index (κ1) is 12.5. The van der Waals surface area contributed by atoms with Gasteiger partial charge in [-0.3, -0.25) is 4.79 Å². The molecule has 0 saturated heterocycles.